The lowest BCUT2D eigenvalue weighted by molar-refractivity contribution is 0.219. The maximum absolute atomic E-state index is 12.9. The molecule has 1 aromatic carbocycles. The van der Waals surface area contributed by atoms with Crippen LogP contribution in [0.25, 0.3) is 0 Å². The topological polar surface area (TPSA) is 83.6 Å². The zero-order valence-electron chi connectivity index (χ0n) is 12.0. The zero-order chi connectivity index (χ0) is 16.2. The molecule has 8 heteroatoms. The number of benzene rings is 1. The number of aliphatic hydroxyl groups is 1. The number of hydrogen-bond acceptors (Lipinski definition) is 4. The van der Waals surface area contributed by atoms with E-state index in [0.29, 0.717) is 21.8 Å². The van der Waals surface area contributed by atoms with Gasteiger partial charge in [-0.3, -0.25) is 0 Å². The van der Waals surface area contributed by atoms with E-state index < -0.39 is 10.0 Å². The van der Waals surface area contributed by atoms with Crippen LogP contribution in [-0.4, -0.2) is 37.0 Å². The van der Waals surface area contributed by atoms with Gasteiger partial charge in [0.1, 0.15) is 4.90 Å². The van der Waals surface area contributed by atoms with Crippen molar-refractivity contribution in [1.29, 1.82) is 0 Å². The lowest BCUT2D eigenvalue weighted by atomic mass is 10.2. The van der Waals surface area contributed by atoms with E-state index in [1.807, 2.05) is 13.8 Å². The van der Waals surface area contributed by atoms with Gasteiger partial charge in [0.15, 0.2) is 0 Å². The molecule has 0 aliphatic rings. The fraction of sp³-hybridized carbons (Fsp3) is 0.538. The van der Waals surface area contributed by atoms with Crippen LogP contribution in [0.3, 0.4) is 0 Å². The minimum Gasteiger partial charge on any atom is -0.398 e. The third-order valence-electron chi connectivity index (χ3n) is 3.27. The first kappa shape index (κ1) is 18.9. The van der Waals surface area contributed by atoms with E-state index in [4.69, 9.17) is 5.73 Å². The van der Waals surface area contributed by atoms with Crippen LogP contribution in [0.2, 0.25) is 0 Å². The van der Waals surface area contributed by atoms with Crippen LogP contribution >= 0.6 is 31.9 Å². The SMILES string of the molecule is CCC(CC)N(CCO)S(=O)(=O)c1c(N)cc(Br)cc1Br. The fourth-order valence-corrected chi connectivity index (χ4v) is 6.04. The molecular formula is C13H20Br2N2O3S. The molecule has 0 aliphatic heterocycles. The average Bonchev–Trinajstić information content (AvgIpc) is 2.37. The second kappa shape index (κ2) is 7.92. The first-order chi connectivity index (χ1) is 9.79. The van der Waals surface area contributed by atoms with Gasteiger partial charge in [-0.1, -0.05) is 29.8 Å². The molecule has 0 radical (unpaired) electrons. The molecule has 0 saturated heterocycles. The lowest BCUT2D eigenvalue weighted by Crippen LogP contribution is -2.41. The molecule has 0 bridgehead atoms. The van der Waals surface area contributed by atoms with Crippen LogP contribution in [0.15, 0.2) is 26.0 Å². The number of halogens is 2. The normalized spacial score (nSPS) is 12.3. The van der Waals surface area contributed by atoms with Gasteiger partial charge in [0, 0.05) is 21.5 Å². The Morgan fingerprint density at radius 2 is 1.86 bits per heavy atom. The van der Waals surface area contributed by atoms with Gasteiger partial charge in [-0.25, -0.2) is 8.42 Å². The molecule has 0 fully saturated rings. The summed E-state index contributed by atoms with van der Waals surface area (Å²) >= 11 is 6.55. The number of nitrogens with two attached hydrogens (primary N) is 1. The highest BCUT2D eigenvalue weighted by atomic mass is 79.9. The number of sulfonamides is 1. The van der Waals surface area contributed by atoms with Gasteiger partial charge >= 0.3 is 0 Å². The molecule has 0 aromatic heterocycles. The molecule has 0 aliphatic carbocycles. The summed E-state index contributed by atoms with van der Waals surface area (Å²) in [6.45, 7) is 3.67. The molecule has 1 aromatic rings. The van der Waals surface area contributed by atoms with Crippen LogP contribution in [0, 0.1) is 0 Å². The summed E-state index contributed by atoms with van der Waals surface area (Å²) in [5.74, 6) is 0. The largest absolute Gasteiger partial charge is 0.398 e. The Hall–Kier alpha value is -0.150. The highest BCUT2D eigenvalue weighted by Crippen LogP contribution is 2.34. The highest BCUT2D eigenvalue weighted by molar-refractivity contribution is 9.11. The van der Waals surface area contributed by atoms with Gasteiger partial charge in [0.05, 0.1) is 12.3 Å². The van der Waals surface area contributed by atoms with Crippen molar-refractivity contribution in [2.24, 2.45) is 0 Å². The first-order valence-electron chi connectivity index (χ1n) is 6.66. The summed E-state index contributed by atoms with van der Waals surface area (Å²) in [6, 6.07) is 3.03. The zero-order valence-corrected chi connectivity index (χ0v) is 16.0. The van der Waals surface area contributed by atoms with Gasteiger partial charge in [-0.15, -0.1) is 0 Å². The molecule has 0 saturated carbocycles. The third-order valence-corrected chi connectivity index (χ3v) is 6.69. The smallest absolute Gasteiger partial charge is 0.246 e. The summed E-state index contributed by atoms with van der Waals surface area (Å²) in [5.41, 5.74) is 6.07. The Labute approximate surface area is 142 Å². The molecular weight excluding hydrogens is 424 g/mol. The third kappa shape index (κ3) is 4.19. The van der Waals surface area contributed by atoms with Crippen molar-refractivity contribution >= 4 is 47.6 Å². The number of rotatable bonds is 7. The van der Waals surface area contributed by atoms with Gasteiger partial charge in [0.25, 0.3) is 0 Å². The van der Waals surface area contributed by atoms with E-state index in [1.54, 1.807) is 12.1 Å². The van der Waals surface area contributed by atoms with Gasteiger partial charge in [-0.2, -0.15) is 4.31 Å². The predicted octanol–water partition coefficient (Wildman–Crippen LogP) is 2.97. The standard InChI is InChI=1S/C13H20Br2N2O3S/c1-3-10(4-2)17(5-6-18)21(19,20)13-11(15)7-9(14)8-12(13)16/h7-8,10,18H,3-6,16H2,1-2H3. The Morgan fingerprint density at radius 1 is 1.29 bits per heavy atom. The van der Waals surface area contributed by atoms with Gasteiger partial charge in [0.2, 0.25) is 10.0 Å². The van der Waals surface area contributed by atoms with Crippen molar-refractivity contribution in [3.05, 3.63) is 21.1 Å². The van der Waals surface area contributed by atoms with Crippen LogP contribution < -0.4 is 5.73 Å². The summed E-state index contributed by atoms with van der Waals surface area (Å²) in [4.78, 5) is 0.0473. The van der Waals surface area contributed by atoms with Crippen molar-refractivity contribution in [2.45, 2.75) is 37.6 Å². The molecule has 3 N–H and O–H groups in total. The summed E-state index contributed by atoms with van der Waals surface area (Å²) in [6.07, 6.45) is 1.34. The minimum atomic E-state index is -3.78. The van der Waals surface area contributed by atoms with Crippen LogP contribution in [0.5, 0.6) is 0 Å². The van der Waals surface area contributed by atoms with Crippen LogP contribution in [-0.2, 0) is 10.0 Å². The molecule has 21 heavy (non-hydrogen) atoms. The summed E-state index contributed by atoms with van der Waals surface area (Å²) in [5, 5.41) is 9.21. The number of hydrogen-bond donors (Lipinski definition) is 2. The summed E-state index contributed by atoms with van der Waals surface area (Å²) < 4.78 is 28.3. The second-order valence-electron chi connectivity index (χ2n) is 4.62. The highest BCUT2D eigenvalue weighted by Gasteiger charge is 2.32. The van der Waals surface area contributed by atoms with E-state index in [1.165, 1.54) is 4.31 Å². The first-order valence-corrected chi connectivity index (χ1v) is 9.69. The van der Waals surface area contributed by atoms with Crippen molar-refractivity contribution in [2.75, 3.05) is 18.9 Å². The molecule has 0 heterocycles. The van der Waals surface area contributed by atoms with Crippen LogP contribution in [0.1, 0.15) is 26.7 Å². The molecule has 0 unspecified atom stereocenters. The van der Waals surface area contributed by atoms with Crippen molar-refractivity contribution < 1.29 is 13.5 Å². The van der Waals surface area contributed by atoms with Crippen LogP contribution in [0.4, 0.5) is 5.69 Å². The van der Waals surface area contributed by atoms with Crippen molar-refractivity contribution in [3.63, 3.8) is 0 Å². The molecule has 0 atom stereocenters. The number of nitrogen functional groups attached to an aromatic ring is 1. The fourth-order valence-electron chi connectivity index (χ4n) is 2.26. The minimum absolute atomic E-state index is 0.0473. The molecule has 0 amide bonds. The maximum atomic E-state index is 12.9. The Bertz CT molecular complexity index is 566. The van der Waals surface area contributed by atoms with E-state index in [-0.39, 0.29) is 29.8 Å². The number of nitrogens with zero attached hydrogens (tertiary/aromatic N) is 1. The van der Waals surface area contributed by atoms with E-state index >= 15 is 0 Å². The van der Waals surface area contributed by atoms with Crippen molar-refractivity contribution in [3.8, 4) is 0 Å². The van der Waals surface area contributed by atoms with Crippen molar-refractivity contribution in [1.82, 2.24) is 4.31 Å². The van der Waals surface area contributed by atoms with E-state index in [0.717, 1.165) is 0 Å². The quantitative estimate of drug-likeness (QED) is 0.634. The maximum Gasteiger partial charge on any atom is 0.246 e. The predicted molar refractivity (Wildman–Crippen MR) is 91.6 cm³/mol. The van der Waals surface area contributed by atoms with E-state index in [9.17, 15) is 13.5 Å². The number of anilines is 1. The molecule has 5 nitrogen and oxygen atoms in total. The summed E-state index contributed by atoms with van der Waals surface area (Å²) in [7, 11) is -3.78. The average molecular weight is 444 g/mol. The Morgan fingerprint density at radius 3 is 2.29 bits per heavy atom. The number of aliphatic hydroxyl groups excluding tert-OH is 1. The van der Waals surface area contributed by atoms with Gasteiger partial charge in [-0.05, 0) is 40.9 Å². The molecule has 120 valence electrons. The second-order valence-corrected chi connectivity index (χ2v) is 8.21. The van der Waals surface area contributed by atoms with Gasteiger partial charge < -0.3 is 10.8 Å². The Kier molecular flexibility index (Phi) is 7.12. The lowest BCUT2D eigenvalue weighted by Gasteiger charge is -2.29. The molecule has 0 spiro atoms. The Balaban J connectivity index is 3.43. The van der Waals surface area contributed by atoms with E-state index in [2.05, 4.69) is 31.9 Å². The molecule has 1 rings (SSSR count). The monoisotopic (exact) mass is 442 g/mol.